The molecule has 0 aliphatic heterocycles. The molecule has 0 unspecified atom stereocenters. The molecule has 0 heterocycles. The summed E-state index contributed by atoms with van der Waals surface area (Å²) < 4.78 is 16.4. The number of benzene rings is 2. The third kappa shape index (κ3) is 7.78. The third-order valence-electron chi connectivity index (χ3n) is 5.75. The highest BCUT2D eigenvalue weighted by atomic mass is 16.5. The highest BCUT2D eigenvalue weighted by molar-refractivity contribution is 5.87. The molecule has 1 aliphatic carbocycles. The Morgan fingerprint density at radius 3 is 2.47 bits per heavy atom. The SMILES string of the molecule is C=CCOC1CCC(C(=O)Oc2ccc(/C=C/C(=O)OCCc3cc(N)ccc3N)cc2)CC1. The van der Waals surface area contributed by atoms with Gasteiger partial charge in [0.25, 0.3) is 0 Å². The second kappa shape index (κ2) is 12.6. The maximum absolute atomic E-state index is 12.5. The van der Waals surface area contributed by atoms with Crippen LogP contribution in [0.25, 0.3) is 6.08 Å². The normalized spacial score (nSPS) is 17.9. The van der Waals surface area contributed by atoms with E-state index in [2.05, 4.69) is 6.58 Å². The molecule has 0 bridgehead atoms. The van der Waals surface area contributed by atoms with E-state index in [9.17, 15) is 9.59 Å². The van der Waals surface area contributed by atoms with Gasteiger partial charge in [0.15, 0.2) is 0 Å². The van der Waals surface area contributed by atoms with Gasteiger partial charge in [0.1, 0.15) is 5.75 Å². The third-order valence-corrected chi connectivity index (χ3v) is 5.75. The molecule has 0 amide bonds. The Morgan fingerprint density at radius 2 is 1.76 bits per heavy atom. The first-order valence-electron chi connectivity index (χ1n) is 11.5. The lowest BCUT2D eigenvalue weighted by molar-refractivity contribution is -0.141. The van der Waals surface area contributed by atoms with E-state index in [4.69, 9.17) is 25.7 Å². The number of carbonyl (C=O) groups excluding carboxylic acids is 2. The van der Waals surface area contributed by atoms with Gasteiger partial charge in [0, 0.05) is 23.9 Å². The molecule has 0 radical (unpaired) electrons. The fourth-order valence-corrected chi connectivity index (χ4v) is 3.83. The van der Waals surface area contributed by atoms with Gasteiger partial charge in [-0.05, 0) is 73.2 Å². The summed E-state index contributed by atoms with van der Waals surface area (Å²) >= 11 is 0. The first-order chi connectivity index (χ1) is 16.4. The second-order valence-corrected chi connectivity index (χ2v) is 8.29. The number of hydrogen-bond acceptors (Lipinski definition) is 7. The van der Waals surface area contributed by atoms with Crippen molar-refractivity contribution in [3.05, 3.63) is 72.3 Å². The molecule has 1 saturated carbocycles. The fourth-order valence-electron chi connectivity index (χ4n) is 3.83. The van der Waals surface area contributed by atoms with Crippen LogP contribution < -0.4 is 16.2 Å². The summed E-state index contributed by atoms with van der Waals surface area (Å²) in [6, 6.07) is 12.2. The standard InChI is InChI=1S/C27H32N2O5/c1-2-16-32-23-11-6-20(7-12-23)27(31)34-24-9-3-19(4-10-24)5-14-26(30)33-17-15-21-18-22(28)8-13-25(21)29/h2-5,8-10,13-14,18,20,23H,1,6-7,11-12,15-17,28-29H2/b14-5+. The summed E-state index contributed by atoms with van der Waals surface area (Å²) in [7, 11) is 0. The number of nitrogen functional groups attached to an aromatic ring is 2. The Morgan fingerprint density at radius 1 is 1.03 bits per heavy atom. The number of anilines is 2. The van der Waals surface area contributed by atoms with Gasteiger partial charge in [-0.2, -0.15) is 0 Å². The number of esters is 2. The van der Waals surface area contributed by atoms with Crippen LogP contribution in [0.2, 0.25) is 0 Å². The molecule has 7 nitrogen and oxygen atoms in total. The zero-order valence-electron chi connectivity index (χ0n) is 19.3. The molecule has 0 saturated heterocycles. The minimum Gasteiger partial charge on any atom is -0.462 e. The van der Waals surface area contributed by atoms with Gasteiger partial charge in [0.05, 0.1) is 25.2 Å². The molecular formula is C27H32N2O5. The lowest BCUT2D eigenvalue weighted by atomic mass is 9.87. The first-order valence-corrected chi connectivity index (χ1v) is 11.5. The fraction of sp³-hybridized carbons (Fsp3) is 0.333. The Balaban J connectivity index is 1.40. The number of carbonyl (C=O) groups is 2. The average molecular weight is 465 g/mol. The van der Waals surface area contributed by atoms with E-state index < -0.39 is 5.97 Å². The van der Waals surface area contributed by atoms with Gasteiger partial charge >= 0.3 is 11.9 Å². The maximum Gasteiger partial charge on any atom is 0.330 e. The van der Waals surface area contributed by atoms with Crippen LogP contribution in [0.4, 0.5) is 11.4 Å². The largest absolute Gasteiger partial charge is 0.462 e. The van der Waals surface area contributed by atoms with Gasteiger partial charge in [-0.1, -0.05) is 18.2 Å². The van der Waals surface area contributed by atoms with E-state index in [0.717, 1.165) is 36.8 Å². The van der Waals surface area contributed by atoms with Crippen molar-refractivity contribution in [2.75, 3.05) is 24.7 Å². The van der Waals surface area contributed by atoms with E-state index in [1.165, 1.54) is 6.08 Å². The Kier molecular flexibility index (Phi) is 9.29. The predicted octanol–water partition coefficient (Wildman–Crippen LogP) is 4.32. The maximum atomic E-state index is 12.5. The van der Waals surface area contributed by atoms with Gasteiger partial charge in [0.2, 0.25) is 0 Å². The Hall–Kier alpha value is -3.58. The van der Waals surface area contributed by atoms with E-state index >= 15 is 0 Å². The lowest BCUT2D eigenvalue weighted by Crippen LogP contribution is -2.28. The quantitative estimate of drug-likeness (QED) is 0.177. The molecule has 180 valence electrons. The zero-order chi connectivity index (χ0) is 24.3. The van der Waals surface area contributed by atoms with Gasteiger partial charge in [-0.25, -0.2) is 4.79 Å². The molecule has 0 atom stereocenters. The smallest absolute Gasteiger partial charge is 0.330 e. The molecule has 4 N–H and O–H groups in total. The van der Waals surface area contributed by atoms with Crippen molar-refractivity contribution in [1.82, 2.24) is 0 Å². The first kappa shape index (κ1) is 25.1. The van der Waals surface area contributed by atoms with Crippen LogP contribution in [0.15, 0.2) is 61.2 Å². The number of ether oxygens (including phenoxy) is 3. The topological polar surface area (TPSA) is 114 Å². The van der Waals surface area contributed by atoms with Crippen LogP contribution in [0, 0.1) is 5.92 Å². The molecule has 0 aromatic heterocycles. The summed E-state index contributed by atoms with van der Waals surface area (Å²) in [6.07, 6.45) is 8.63. The minimum atomic E-state index is -0.453. The van der Waals surface area contributed by atoms with Crippen molar-refractivity contribution < 1.29 is 23.8 Å². The summed E-state index contributed by atoms with van der Waals surface area (Å²) in [6.45, 7) is 4.40. The molecular weight excluding hydrogens is 432 g/mol. The highest BCUT2D eigenvalue weighted by Crippen LogP contribution is 2.28. The van der Waals surface area contributed by atoms with Gasteiger partial charge < -0.3 is 25.7 Å². The molecule has 1 fully saturated rings. The molecule has 34 heavy (non-hydrogen) atoms. The van der Waals surface area contributed by atoms with E-state index in [-0.39, 0.29) is 24.6 Å². The molecule has 7 heteroatoms. The zero-order valence-corrected chi connectivity index (χ0v) is 19.3. The molecule has 2 aromatic rings. The highest BCUT2D eigenvalue weighted by Gasteiger charge is 2.28. The van der Waals surface area contributed by atoms with Crippen molar-refractivity contribution in [3.8, 4) is 5.75 Å². The van der Waals surface area contributed by atoms with Crippen LogP contribution in [0.3, 0.4) is 0 Å². The van der Waals surface area contributed by atoms with Crippen molar-refractivity contribution in [2.45, 2.75) is 38.2 Å². The number of nitrogens with two attached hydrogens (primary N) is 2. The van der Waals surface area contributed by atoms with E-state index in [0.29, 0.717) is 30.2 Å². The Bertz CT molecular complexity index is 1010. The molecule has 3 rings (SSSR count). The van der Waals surface area contributed by atoms with Crippen molar-refractivity contribution >= 4 is 29.4 Å². The average Bonchev–Trinajstić information content (AvgIpc) is 2.84. The summed E-state index contributed by atoms with van der Waals surface area (Å²) in [4.78, 5) is 24.4. The summed E-state index contributed by atoms with van der Waals surface area (Å²) in [5.41, 5.74) is 14.5. The second-order valence-electron chi connectivity index (χ2n) is 8.29. The van der Waals surface area contributed by atoms with E-state index in [1.807, 2.05) is 0 Å². The van der Waals surface area contributed by atoms with Crippen molar-refractivity contribution in [1.29, 1.82) is 0 Å². The monoisotopic (exact) mass is 464 g/mol. The lowest BCUT2D eigenvalue weighted by Gasteiger charge is -2.26. The van der Waals surface area contributed by atoms with Crippen LogP contribution in [0.5, 0.6) is 5.75 Å². The van der Waals surface area contributed by atoms with Crippen molar-refractivity contribution in [3.63, 3.8) is 0 Å². The number of hydrogen-bond donors (Lipinski definition) is 2. The van der Waals surface area contributed by atoms with Gasteiger partial charge in [-0.15, -0.1) is 6.58 Å². The van der Waals surface area contributed by atoms with Crippen LogP contribution in [0.1, 0.15) is 36.8 Å². The van der Waals surface area contributed by atoms with Crippen LogP contribution >= 0.6 is 0 Å². The van der Waals surface area contributed by atoms with Crippen molar-refractivity contribution in [2.24, 2.45) is 5.92 Å². The van der Waals surface area contributed by atoms with Crippen LogP contribution in [-0.2, 0) is 25.5 Å². The summed E-state index contributed by atoms with van der Waals surface area (Å²) in [5.74, 6) is -0.296. The minimum absolute atomic E-state index is 0.111. The number of rotatable bonds is 10. The van der Waals surface area contributed by atoms with Gasteiger partial charge in [-0.3, -0.25) is 4.79 Å². The Labute approximate surface area is 200 Å². The van der Waals surface area contributed by atoms with Crippen LogP contribution in [-0.4, -0.2) is 31.3 Å². The predicted molar refractivity (Wildman–Crippen MR) is 133 cm³/mol. The summed E-state index contributed by atoms with van der Waals surface area (Å²) in [5, 5.41) is 0. The van der Waals surface area contributed by atoms with E-state index in [1.54, 1.807) is 54.6 Å². The molecule has 2 aromatic carbocycles. The molecule has 1 aliphatic rings. The molecule has 0 spiro atoms.